The number of imide groups is 1. The predicted octanol–water partition coefficient (Wildman–Crippen LogP) is 4.54. The Morgan fingerprint density at radius 2 is 1.61 bits per heavy atom. The first-order chi connectivity index (χ1) is 16.1. The Morgan fingerprint density at radius 3 is 2.39 bits per heavy atom. The van der Waals surface area contributed by atoms with Crippen LogP contribution in [0, 0.1) is 0 Å². The molecule has 0 bridgehead atoms. The van der Waals surface area contributed by atoms with Crippen molar-refractivity contribution in [1.82, 2.24) is 14.8 Å². The van der Waals surface area contributed by atoms with Crippen molar-refractivity contribution in [3.05, 3.63) is 65.7 Å². The van der Waals surface area contributed by atoms with Gasteiger partial charge in [0, 0.05) is 22.8 Å². The van der Waals surface area contributed by atoms with Crippen LogP contribution in [0.25, 0.3) is 32.9 Å². The van der Waals surface area contributed by atoms with Crippen molar-refractivity contribution in [2.24, 2.45) is 0 Å². The third kappa shape index (κ3) is 3.21. The Kier molecular flexibility index (Phi) is 4.69. The molecule has 3 aromatic carbocycles. The molecular weight excluding hydrogens is 414 g/mol. The highest BCUT2D eigenvalue weighted by atomic mass is 16.3. The zero-order valence-corrected chi connectivity index (χ0v) is 18.3. The molecule has 33 heavy (non-hydrogen) atoms. The minimum absolute atomic E-state index is 0.143. The summed E-state index contributed by atoms with van der Waals surface area (Å²) in [5.74, 6) is -0.604. The standard InChI is InChI=1S/C27H25N3O3/c31-18-9-10-21-20(15-18)23-22(30(21)14-6-13-29-11-4-5-12-29)16-19(17-7-2-1-3-8-17)24-25(23)27(33)28-26(24)32/h1-3,7-10,15-16,31H,4-6,11-14H2,(H,28,32,33). The van der Waals surface area contributed by atoms with Crippen LogP contribution in [0.15, 0.2) is 54.6 Å². The number of benzene rings is 3. The molecule has 0 saturated carbocycles. The monoisotopic (exact) mass is 439 g/mol. The third-order valence-electron chi connectivity index (χ3n) is 6.96. The maximum atomic E-state index is 13.0. The molecule has 166 valence electrons. The fourth-order valence-corrected chi connectivity index (χ4v) is 5.48. The van der Waals surface area contributed by atoms with Crippen LogP contribution in [0.3, 0.4) is 0 Å². The van der Waals surface area contributed by atoms with E-state index in [0.29, 0.717) is 11.1 Å². The highest BCUT2D eigenvalue weighted by Gasteiger charge is 2.34. The van der Waals surface area contributed by atoms with Crippen molar-refractivity contribution in [3.63, 3.8) is 0 Å². The van der Waals surface area contributed by atoms with Gasteiger partial charge in [0.1, 0.15) is 5.75 Å². The normalized spacial score (nSPS) is 16.1. The molecule has 2 aliphatic rings. The third-order valence-corrected chi connectivity index (χ3v) is 6.96. The molecule has 1 fully saturated rings. The van der Waals surface area contributed by atoms with Crippen LogP contribution in [0.5, 0.6) is 5.75 Å². The number of carbonyl (C=O) groups is 2. The van der Waals surface area contributed by atoms with Gasteiger partial charge in [-0.05, 0) is 74.3 Å². The smallest absolute Gasteiger partial charge is 0.259 e. The first kappa shape index (κ1) is 20.0. The Bertz CT molecular complexity index is 1420. The van der Waals surface area contributed by atoms with Gasteiger partial charge in [0.25, 0.3) is 11.8 Å². The molecule has 0 atom stereocenters. The number of amides is 2. The molecule has 6 nitrogen and oxygen atoms in total. The van der Waals surface area contributed by atoms with Crippen molar-refractivity contribution in [1.29, 1.82) is 0 Å². The zero-order chi connectivity index (χ0) is 22.5. The number of hydrogen-bond acceptors (Lipinski definition) is 4. The van der Waals surface area contributed by atoms with E-state index in [9.17, 15) is 14.7 Å². The maximum absolute atomic E-state index is 13.0. The predicted molar refractivity (Wildman–Crippen MR) is 129 cm³/mol. The van der Waals surface area contributed by atoms with Crippen LogP contribution in [0.1, 0.15) is 40.0 Å². The number of phenolic OH excluding ortho intramolecular Hbond substituents is 1. The van der Waals surface area contributed by atoms with Crippen molar-refractivity contribution >= 4 is 33.6 Å². The second kappa shape index (κ2) is 7.74. The number of aryl methyl sites for hydroxylation is 1. The van der Waals surface area contributed by atoms with Crippen molar-refractivity contribution in [3.8, 4) is 16.9 Å². The van der Waals surface area contributed by atoms with Crippen LogP contribution < -0.4 is 5.32 Å². The lowest BCUT2D eigenvalue weighted by atomic mass is 9.93. The minimum atomic E-state index is -0.378. The number of nitrogens with one attached hydrogen (secondary N) is 1. The lowest BCUT2D eigenvalue weighted by molar-refractivity contribution is 0.0880. The molecule has 2 N–H and O–H groups in total. The SMILES string of the molecule is O=C1NC(=O)c2c1c(-c1ccccc1)cc1c2c2cc(O)ccc2n1CCCN1CCCC1. The number of phenols is 1. The number of nitrogens with zero attached hydrogens (tertiary/aromatic N) is 2. The van der Waals surface area contributed by atoms with E-state index in [0.717, 1.165) is 65.5 Å². The van der Waals surface area contributed by atoms with E-state index >= 15 is 0 Å². The molecule has 3 heterocycles. The summed E-state index contributed by atoms with van der Waals surface area (Å²) >= 11 is 0. The largest absolute Gasteiger partial charge is 0.508 e. The molecular formula is C27H25N3O3. The number of aromatic nitrogens is 1. The van der Waals surface area contributed by atoms with Gasteiger partial charge in [-0.2, -0.15) is 0 Å². The lowest BCUT2D eigenvalue weighted by Crippen LogP contribution is -2.21. The summed E-state index contributed by atoms with van der Waals surface area (Å²) < 4.78 is 2.24. The van der Waals surface area contributed by atoms with Gasteiger partial charge in [-0.1, -0.05) is 30.3 Å². The summed E-state index contributed by atoms with van der Waals surface area (Å²) in [6.45, 7) is 4.16. The van der Waals surface area contributed by atoms with Gasteiger partial charge in [0.2, 0.25) is 0 Å². The highest BCUT2D eigenvalue weighted by Crippen LogP contribution is 2.41. The summed E-state index contributed by atoms with van der Waals surface area (Å²) in [6.07, 6.45) is 3.53. The summed E-state index contributed by atoms with van der Waals surface area (Å²) in [5, 5.41) is 14.3. The summed E-state index contributed by atoms with van der Waals surface area (Å²) in [7, 11) is 0. The fourth-order valence-electron chi connectivity index (χ4n) is 5.48. The Hall–Kier alpha value is -3.64. The van der Waals surface area contributed by atoms with E-state index in [1.165, 1.54) is 12.8 Å². The average Bonchev–Trinajstić information content (AvgIpc) is 3.52. The van der Waals surface area contributed by atoms with Crippen LogP contribution in [0.4, 0.5) is 0 Å². The number of hydrogen-bond donors (Lipinski definition) is 2. The molecule has 0 aliphatic carbocycles. The quantitative estimate of drug-likeness (QED) is 0.448. The molecule has 6 heteroatoms. The van der Waals surface area contributed by atoms with Gasteiger partial charge in [-0.15, -0.1) is 0 Å². The van der Waals surface area contributed by atoms with Gasteiger partial charge in [0.15, 0.2) is 0 Å². The molecule has 0 spiro atoms. The van der Waals surface area contributed by atoms with Crippen molar-refractivity contribution < 1.29 is 14.7 Å². The van der Waals surface area contributed by atoms with Crippen LogP contribution in [-0.4, -0.2) is 46.0 Å². The van der Waals surface area contributed by atoms with E-state index < -0.39 is 0 Å². The molecule has 2 aliphatic heterocycles. The number of likely N-dealkylation sites (tertiary alicyclic amines) is 1. The molecule has 2 amide bonds. The highest BCUT2D eigenvalue weighted by molar-refractivity contribution is 6.32. The Labute approximate surface area is 191 Å². The van der Waals surface area contributed by atoms with E-state index in [1.807, 2.05) is 42.5 Å². The van der Waals surface area contributed by atoms with Crippen LogP contribution in [-0.2, 0) is 6.54 Å². The van der Waals surface area contributed by atoms with E-state index in [1.54, 1.807) is 12.1 Å². The molecule has 1 saturated heterocycles. The molecule has 0 radical (unpaired) electrons. The Balaban J connectivity index is 1.60. The number of fused-ring (bicyclic) bond motifs is 5. The first-order valence-corrected chi connectivity index (χ1v) is 11.6. The molecule has 4 aromatic rings. The summed E-state index contributed by atoms with van der Waals surface area (Å²) in [5.41, 5.74) is 4.36. The first-order valence-electron chi connectivity index (χ1n) is 11.6. The van der Waals surface area contributed by atoms with E-state index in [4.69, 9.17) is 0 Å². The van der Waals surface area contributed by atoms with Gasteiger partial charge < -0.3 is 14.6 Å². The van der Waals surface area contributed by atoms with E-state index in [-0.39, 0.29) is 17.6 Å². The van der Waals surface area contributed by atoms with Crippen molar-refractivity contribution in [2.75, 3.05) is 19.6 Å². The van der Waals surface area contributed by atoms with Gasteiger partial charge in [-0.3, -0.25) is 14.9 Å². The number of carbonyl (C=O) groups excluding carboxylic acids is 2. The second-order valence-corrected chi connectivity index (χ2v) is 8.97. The maximum Gasteiger partial charge on any atom is 0.259 e. The number of aromatic hydroxyl groups is 1. The van der Waals surface area contributed by atoms with Gasteiger partial charge in [0.05, 0.1) is 16.6 Å². The zero-order valence-electron chi connectivity index (χ0n) is 18.3. The Morgan fingerprint density at radius 1 is 0.848 bits per heavy atom. The van der Waals surface area contributed by atoms with E-state index in [2.05, 4.69) is 14.8 Å². The number of rotatable bonds is 5. The second-order valence-electron chi connectivity index (χ2n) is 8.97. The molecule has 1 aromatic heterocycles. The lowest BCUT2D eigenvalue weighted by Gasteiger charge is -2.16. The average molecular weight is 440 g/mol. The topological polar surface area (TPSA) is 74.6 Å². The van der Waals surface area contributed by atoms with Crippen molar-refractivity contribution in [2.45, 2.75) is 25.8 Å². The fraction of sp³-hybridized carbons (Fsp3) is 0.259. The van der Waals surface area contributed by atoms with Gasteiger partial charge in [-0.25, -0.2) is 0 Å². The molecule has 6 rings (SSSR count). The van der Waals surface area contributed by atoms with Gasteiger partial charge >= 0.3 is 0 Å². The summed E-state index contributed by atoms with van der Waals surface area (Å²) in [6, 6.07) is 17.1. The summed E-state index contributed by atoms with van der Waals surface area (Å²) in [4.78, 5) is 28.3. The van der Waals surface area contributed by atoms with Crippen LogP contribution >= 0.6 is 0 Å². The minimum Gasteiger partial charge on any atom is -0.508 e. The van der Waals surface area contributed by atoms with Crippen LogP contribution in [0.2, 0.25) is 0 Å². The molecule has 0 unspecified atom stereocenters.